The van der Waals surface area contributed by atoms with Crippen molar-refractivity contribution in [2.45, 2.75) is 33.2 Å². The van der Waals surface area contributed by atoms with E-state index in [-0.39, 0.29) is 36.7 Å². The molecule has 25 heavy (non-hydrogen) atoms. The lowest BCUT2D eigenvalue weighted by molar-refractivity contribution is -0.125. The van der Waals surface area contributed by atoms with Crippen LogP contribution in [0.3, 0.4) is 0 Å². The van der Waals surface area contributed by atoms with Crippen LogP contribution in [0.1, 0.15) is 25.6 Å². The Hall–Kier alpha value is -1.48. The Labute approximate surface area is 161 Å². The molecule has 6 nitrogen and oxygen atoms in total. The maximum atomic E-state index is 11.9. The minimum Gasteiger partial charge on any atom is -0.346 e. The lowest BCUT2D eigenvalue weighted by Gasteiger charge is -2.14. The van der Waals surface area contributed by atoms with E-state index >= 15 is 0 Å². The van der Waals surface area contributed by atoms with Gasteiger partial charge in [0.25, 0.3) is 0 Å². The number of thiophene rings is 1. The van der Waals surface area contributed by atoms with Gasteiger partial charge in [-0.15, -0.1) is 35.1 Å². The van der Waals surface area contributed by atoms with Gasteiger partial charge in [-0.2, -0.15) is 0 Å². The molecule has 1 atom stereocenters. The van der Waals surface area contributed by atoms with E-state index in [4.69, 9.17) is 5.73 Å². The van der Waals surface area contributed by atoms with Gasteiger partial charge >= 0.3 is 0 Å². The van der Waals surface area contributed by atoms with Gasteiger partial charge in [-0.3, -0.25) is 9.59 Å². The summed E-state index contributed by atoms with van der Waals surface area (Å²) >= 11 is 3.06. The summed E-state index contributed by atoms with van der Waals surface area (Å²) in [6.07, 6.45) is 0.997. The second-order valence-corrected chi connectivity index (χ2v) is 7.72. The van der Waals surface area contributed by atoms with Gasteiger partial charge in [0.05, 0.1) is 23.2 Å². The molecule has 138 valence electrons. The number of aromatic nitrogens is 1. The number of hydrogen-bond acceptors (Lipinski definition) is 6. The van der Waals surface area contributed by atoms with Crippen LogP contribution in [0.4, 0.5) is 5.13 Å². The maximum absolute atomic E-state index is 11.9. The summed E-state index contributed by atoms with van der Waals surface area (Å²) in [7, 11) is 0. The lowest BCUT2D eigenvalue weighted by atomic mass is 10.1. The van der Waals surface area contributed by atoms with Crippen LogP contribution in [-0.4, -0.2) is 29.4 Å². The highest BCUT2D eigenvalue weighted by Crippen LogP contribution is 2.30. The lowest BCUT2D eigenvalue weighted by Crippen LogP contribution is -2.46. The standard InChI is InChI=1S/C16H22N4O2S2.ClH/c1-4-10-5-6-12(24-10)11-8-23-16(19-11)20-13(21)7-18-15(22)14(17)9(2)3;/h5-6,8-9,14H,4,7,17H2,1-3H3,(H,18,22)(H,19,20,21);1H/t14-;/m0./s1. The highest BCUT2D eigenvalue weighted by atomic mass is 35.5. The molecule has 0 radical (unpaired) electrons. The first-order chi connectivity index (χ1) is 11.4. The van der Waals surface area contributed by atoms with E-state index in [0.717, 1.165) is 17.0 Å². The number of nitrogens with two attached hydrogens (primary N) is 1. The predicted molar refractivity (Wildman–Crippen MR) is 107 cm³/mol. The molecule has 9 heteroatoms. The number of amides is 2. The largest absolute Gasteiger partial charge is 0.346 e. The van der Waals surface area contributed by atoms with Crippen LogP contribution in [0.5, 0.6) is 0 Å². The van der Waals surface area contributed by atoms with Crippen LogP contribution in [0.2, 0.25) is 0 Å². The van der Waals surface area contributed by atoms with Gasteiger partial charge in [0.15, 0.2) is 5.13 Å². The number of carbonyl (C=O) groups is 2. The van der Waals surface area contributed by atoms with Crippen LogP contribution in [0.15, 0.2) is 17.5 Å². The second-order valence-electron chi connectivity index (χ2n) is 5.69. The zero-order valence-electron chi connectivity index (χ0n) is 14.4. The molecule has 0 unspecified atom stereocenters. The first-order valence-corrected chi connectivity index (χ1v) is 9.48. The smallest absolute Gasteiger partial charge is 0.245 e. The Kier molecular flexibility index (Phi) is 8.51. The molecular weight excluding hydrogens is 380 g/mol. The average Bonchev–Trinajstić information content (AvgIpc) is 3.20. The molecule has 0 aliphatic heterocycles. The summed E-state index contributed by atoms with van der Waals surface area (Å²) in [6, 6.07) is 3.51. The molecule has 2 amide bonds. The summed E-state index contributed by atoms with van der Waals surface area (Å²) in [5.41, 5.74) is 6.58. The molecule has 4 N–H and O–H groups in total. The van der Waals surface area contributed by atoms with Crippen molar-refractivity contribution in [3.63, 3.8) is 0 Å². The number of carbonyl (C=O) groups excluding carboxylic acids is 2. The maximum Gasteiger partial charge on any atom is 0.245 e. The number of anilines is 1. The van der Waals surface area contributed by atoms with Crippen LogP contribution >= 0.6 is 35.1 Å². The van der Waals surface area contributed by atoms with E-state index in [1.54, 1.807) is 11.3 Å². The molecule has 2 aromatic rings. The summed E-state index contributed by atoms with van der Waals surface area (Å²) in [5, 5.41) is 7.66. The molecule has 0 saturated heterocycles. The molecule has 2 heterocycles. The molecule has 2 rings (SSSR count). The number of nitrogens with zero attached hydrogens (tertiary/aromatic N) is 1. The van der Waals surface area contributed by atoms with Crippen molar-refractivity contribution < 1.29 is 9.59 Å². The van der Waals surface area contributed by atoms with Crippen LogP contribution in [0, 0.1) is 5.92 Å². The first kappa shape index (κ1) is 21.6. The van der Waals surface area contributed by atoms with Crippen LogP contribution < -0.4 is 16.4 Å². The normalized spacial score (nSPS) is 11.7. The number of hydrogen-bond donors (Lipinski definition) is 3. The minimum atomic E-state index is -0.615. The molecule has 0 spiro atoms. The molecule has 0 aliphatic carbocycles. The Bertz CT molecular complexity index is 715. The summed E-state index contributed by atoms with van der Waals surface area (Å²) in [5.74, 6) is -0.625. The monoisotopic (exact) mass is 402 g/mol. The molecular formula is C16H23ClN4O2S2. The zero-order valence-corrected chi connectivity index (χ0v) is 16.8. The van der Waals surface area contributed by atoms with Gasteiger partial charge in [-0.1, -0.05) is 20.8 Å². The van der Waals surface area contributed by atoms with E-state index in [1.807, 2.05) is 25.3 Å². The molecule has 0 aromatic carbocycles. The molecule has 0 fully saturated rings. The number of nitrogens with one attached hydrogen (secondary N) is 2. The molecule has 0 aliphatic rings. The molecule has 0 saturated carbocycles. The van der Waals surface area contributed by atoms with Crippen LogP contribution in [0.25, 0.3) is 10.6 Å². The van der Waals surface area contributed by atoms with Crippen LogP contribution in [-0.2, 0) is 16.0 Å². The molecule has 0 bridgehead atoms. The van der Waals surface area contributed by atoms with Gasteiger partial charge in [-0.05, 0) is 24.5 Å². The quantitative estimate of drug-likeness (QED) is 0.663. The van der Waals surface area contributed by atoms with Gasteiger partial charge in [0, 0.05) is 10.3 Å². The summed E-state index contributed by atoms with van der Waals surface area (Å²) in [6.45, 7) is 5.71. The third-order valence-corrected chi connectivity index (χ3v) is 5.47. The topological polar surface area (TPSA) is 97.1 Å². The Morgan fingerprint density at radius 3 is 2.64 bits per heavy atom. The van der Waals surface area contributed by atoms with E-state index in [1.165, 1.54) is 16.2 Å². The Balaban J connectivity index is 0.00000312. The van der Waals surface area contributed by atoms with Crippen molar-refractivity contribution in [3.8, 4) is 10.6 Å². The number of aryl methyl sites for hydroxylation is 1. The van der Waals surface area contributed by atoms with E-state index in [0.29, 0.717) is 5.13 Å². The van der Waals surface area contributed by atoms with Gasteiger partial charge in [-0.25, -0.2) is 4.98 Å². The summed E-state index contributed by atoms with van der Waals surface area (Å²) in [4.78, 5) is 30.4. The molecule has 2 aromatic heterocycles. The van der Waals surface area contributed by atoms with E-state index < -0.39 is 6.04 Å². The van der Waals surface area contributed by atoms with E-state index in [2.05, 4.69) is 28.6 Å². The SMILES string of the molecule is CCc1ccc(-c2csc(NC(=O)CNC(=O)[C@@H](N)C(C)C)n2)s1.Cl. The van der Waals surface area contributed by atoms with Crippen molar-refractivity contribution in [1.29, 1.82) is 0 Å². The third-order valence-electron chi connectivity index (χ3n) is 3.46. The predicted octanol–water partition coefficient (Wildman–Crippen LogP) is 2.89. The van der Waals surface area contributed by atoms with Gasteiger partial charge in [0.2, 0.25) is 11.8 Å². The van der Waals surface area contributed by atoms with Crippen molar-refractivity contribution in [2.75, 3.05) is 11.9 Å². The minimum absolute atomic E-state index is 0. The highest BCUT2D eigenvalue weighted by Gasteiger charge is 2.18. The van der Waals surface area contributed by atoms with Crippen molar-refractivity contribution >= 4 is 52.0 Å². The van der Waals surface area contributed by atoms with Crippen molar-refractivity contribution in [3.05, 3.63) is 22.4 Å². The van der Waals surface area contributed by atoms with Crippen molar-refractivity contribution in [1.82, 2.24) is 10.3 Å². The average molecular weight is 403 g/mol. The van der Waals surface area contributed by atoms with Gasteiger partial charge in [0.1, 0.15) is 0 Å². The number of halogens is 1. The van der Waals surface area contributed by atoms with Gasteiger partial charge < -0.3 is 16.4 Å². The first-order valence-electron chi connectivity index (χ1n) is 7.78. The third kappa shape index (κ3) is 6.07. The van der Waals surface area contributed by atoms with Crippen molar-refractivity contribution in [2.24, 2.45) is 11.7 Å². The fourth-order valence-electron chi connectivity index (χ4n) is 1.90. The fraction of sp³-hybridized carbons (Fsp3) is 0.438. The fourth-order valence-corrected chi connectivity index (χ4v) is 3.61. The Morgan fingerprint density at radius 2 is 2.04 bits per heavy atom. The zero-order chi connectivity index (χ0) is 17.7. The number of rotatable bonds is 7. The summed E-state index contributed by atoms with van der Waals surface area (Å²) < 4.78 is 0. The number of thiazole rings is 1. The second kappa shape index (κ2) is 9.86. The van der Waals surface area contributed by atoms with E-state index in [9.17, 15) is 9.59 Å². The highest BCUT2D eigenvalue weighted by molar-refractivity contribution is 7.17. The Morgan fingerprint density at radius 1 is 1.32 bits per heavy atom.